The summed E-state index contributed by atoms with van der Waals surface area (Å²) in [6.45, 7) is 4.15. The molecule has 0 radical (unpaired) electrons. The number of aromatic nitrogens is 1. The first-order valence-corrected chi connectivity index (χ1v) is 5.99. The molecule has 4 nitrogen and oxygen atoms in total. The van der Waals surface area contributed by atoms with E-state index in [0.29, 0.717) is 12.4 Å². The Bertz CT molecular complexity index is 434. The molecule has 0 bridgehead atoms. The summed E-state index contributed by atoms with van der Waals surface area (Å²) < 4.78 is 3.85. The first kappa shape index (κ1) is 12.6. The van der Waals surface area contributed by atoms with Gasteiger partial charge in [0, 0.05) is 12.8 Å². The molecule has 1 aliphatic heterocycles. The molecule has 1 atom stereocenters. The van der Waals surface area contributed by atoms with Crippen molar-refractivity contribution in [2.75, 3.05) is 11.5 Å². The van der Waals surface area contributed by atoms with Crippen LogP contribution in [-0.2, 0) is 9.53 Å². The van der Waals surface area contributed by atoms with Gasteiger partial charge in [-0.1, -0.05) is 29.3 Å². The highest BCUT2D eigenvalue weighted by Crippen LogP contribution is 2.43. The Kier molecular flexibility index (Phi) is 3.30. The smallest absolute Gasteiger partial charge is 0.271 e. The minimum Gasteiger partial charge on any atom is -0.354 e. The van der Waals surface area contributed by atoms with Crippen LogP contribution < -0.4 is 4.90 Å². The molecule has 1 aromatic heterocycles. The zero-order valence-electron chi connectivity index (χ0n) is 9.48. The Hall–Kier alpha value is -0.840. The summed E-state index contributed by atoms with van der Waals surface area (Å²) in [5.74, 6) is 0.0895. The fourth-order valence-electron chi connectivity index (χ4n) is 1.63. The van der Waals surface area contributed by atoms with Crippen molar-refractivity contribution in [2.45, 2.75) is 24.4 Å². The first-order valence-electron chi connectivity index (χ1n) is 5.24. The Balaban J connectivity index is 2.26. The second-order valence-electron chi connectivity index (χ2n) is 3.80. The molecule has 0 aromatic carbocycles. The van der Waals surface area contributed by atoms with Gasteiger partial charge in [0.1, 0.15) is 5.82 Å². The zero-order chi connectivity index (χ0) is 12.6. The second kappa shape index (κ2) is 4.44. The van der Waals surface area contributed by atoms with Gasteiger partial charge in [-0.2, -0.15) is 0 Å². The molecule has 0 N–H and O–H groups in total. The van der Waals surface area contributed by atoms with Gasteiger partial charge in [0.15, 0.2) is 6.23 Å². The van der Waals surface area contributed by atoms with E-state index in [1.54, 1.807) is 12.3 Å². The molecule has 1 saturated heterocycles. The Morgan fingerprint density at radius 1 is 1.53 bits per heavy atom. The van der Waals surface area contributed by atoms with Gasteiger partial charge in [-0.25, -0.2) is 4.98 Å². The van der Waals surface area contributed by atoms with Crippen LogP contribution in [0, 0.1) is 6.92 Å². The van der Waals surface area contributed by atoms with E-state index < -0.39 is 16.5 Å². The number of nitrogens with zero attached hydrogens (tertiary/aromatic N) is 2. The Morgan fingerprint density at radius 2 is 2.24 bits per heavy atom. The predicted molar refractivity (Wildman–Crippen MR) is 66.3 cm³/mol. The number of halogens is 2. The van der Waals surface area contributed by atoms with Crippen LogP contribution in [0.4, 0.5) is 5.82 Å². The lowest BCUT2D eigenvalue weighted by Crippen LogP contribution is -2.70. The van der Waals surface area contributed by atoms with Crippen molar-refractivity contribution in [3.05, 3.63) is 23.9 Å². The van der Waals surface area contributed by atoms with Gasteiger partial charge in [0.2, 0.25) is 4.33 Å². The number of pyridine rings is 1. The van der Waals surface area contributed by atoms with Crippen molar-refractivity contribution in [2.24, 2.45) is 0 Å². The molecule has 1 fully saturated rings. The van der Waals surface area contributed by atoms with Crippen LogP contribution in [-0.4, -0.2) is 28.1 Å². The molecule has 0 saturated carbocycles. The summed E-state index contributed by atoms with van der Waals surface area (Å²) in [5, 5.41) is 0. The van der Waals surface area contributed by atoms with Gasteiger partial charge in [0.05, 0.1) is 0 Å². The van der Waals surface area contributed by atoms with Crippen LogP contribution in [0.15, 0.2) is 18.3 Å². The van der Waals surface area contributed by atoms with Crippen LogP contribution in [0.3, 0.4) is 0 Å². The van der Waals surface area contributed by atoms with Crippen molar-refractivity contribution >= 4 is 34.9 Å². The fourth-order valence-corrected chi connectivity index (χ4v) is 2.14. The minimum absolute atomic E-state index is 0.407. The standard InChI is InChI=1S/C11H12Cl2N2O2/c1-3-17-10-11(12,13)9(16)15(10)8-5-4-7(2)6-14-8/h4-6,10H,3H2,1-2H3. The number of aryl methyl sites for hydroxylation is 1. The van der Waals surface area contributed by atoms with E-state index in [1.807, 2.05) is 19.9 Å². The van der Waals surface area contributed by atoms with Crippen molar-refractivity contribution in [3.63, 3.8) is 0 Å². The highest BCUT2D eigenvalue weighted by Gasteiger charge is 2.61. The number of amides is 1. The number of hydrogen-bond acceptors (Lipinski definition) is 3. The molecule has 1 aliphatic rings. The lowest BCUT2D eigenvalue weighted by Gasteiger charge is -2.47. The third kappa shape index (κ3) is 2.01. The number of carbonyl (C=O) groups is 1. The molecule has 6 heteroatoms. The van der Waals surface area contributed by atoms with Crippen LogP contribution >= 0.6 is 23.2 Å². The van der Waals surface area contributed by atoms with Gasteiger partial charge >= 0.3 is 0 Å². The summed E-state index contributed by atoms with van der Waals surface area (Å²) in [7, 11) is 0. The van der Waals surface area contributed by atoms with Crippen LogP contribution in [0.1, 0.15) is 12.5 Å². The maximum absolute atomic E-state index is 11.8. The van der Waals surface area contributed by atoms with E-state index in [1.165, 1.54) is 4.90 Å². The first-order chi connectivity index (χ1) is 7.98. The van der Waals surface area contributed by atoms with Gasteiger partial charge < -0.3 is 4.74 Å². The molecule has 1 amide bonds. The lowest BCUT2D eigenvalue weighted by atomic mass is 10.1. The van der Waals surface area contributed by atoms with Crippen molar-refractivity contribution in [1.82, 2.24) is 4.98 Å². The molecule has 17 heavy (non-hydrogen) atoms. The monoisotopic (exact) mass is 274 g/mol. The predicted octanol–water partition coefficient (Wildman–Crippen LogP) is 2.27. The minimum atomic E-state index is -1.51. The molecule has 0 spiro atoms. The topological polar surface area (TPSA) is 42.4 Å². The molecular weight excluding hydrogens is 263 g/mol. The lowest BCUT2D eigenvalue weighted by molar-refractivity contribution is -0.134. The molecule has 1 unspecified atom stereocenters. The summed E-state index contributed by atoms with van der Waals surface area (Å²) in [6.07, 6.45) is 0.993. The Labute approximate surface area is 109 Å². The molecule has 1 aromatic rings. The number of anilines is 1. The highest BCUT2D eigenvalue weighted by molar-refractivity contribution is 6.62. The number of β-lactam (4-membered cyclic amide) rings is 1. The van der Waals surface area contributed by atoms with E-state index in [9.17, 15) is 4.79 Å². The second-order valence-corrected chi connectivity index (χ2v) is 5.19. The number of ether oxygens (including phenoxy) is 1. The van der Waals surface area contributed by atoms with Crippen molar-refractivity contribution in [1.29, 1.82) is 0 Å². The van der Waals surface area contributed by atoms with Crippen molar-refractivity contribution < 1.29 is 9.53 Å². The van der Waals surface area contributed by atoms with E-state index in [-0.39, 0.29) is 0 Å². The zero-order valence-corrected chi connectivity index (χ0v) is 11.0. The summed E-state index contributed by atoms with van der Waals surface area (Å²) in [6, 6.07) is 3.60. The van der Waals surface area contributed by atoms with Gasteiger partial charge in [-0.3, -0.25) is 9.69 Å². The molecule has 92 valence electrons. The van der Waals surface area contributed by atoms with E-state index in [2.05, 4.69) is 4.98 Å². The van der Waals surface area contributed by atoms with Gasteiger partial charge in [-0.15, -0.1) is 0 Å². The van der Waals surface area contributed by atoms with E-state index in [0.717, 1.165) is 5.56 Å². The van der Waals surface area contributed by atoms with E-state index >= 15 is 0 Å². The maximum Gasteiger partial charge on any atom is 0.271 e. The average molecular weight is 275 g/mol. The number of hydrogen-bond donors (Lipinski definition) is 0. The molecular formula is C11H12Cl2N2O2. The number of carbonyl (C=O) groups excluding carboxylic acids is 1. The van der Waals surface area contributed by atoms with Crippen LogP contribution in [0.25, 0.3) is 0 Å². The molecule has 2 rings (SSSR count). The third-order valence-corrected chi connectivity index (χ3v) is 3.21. The van der Waals surface area contributed by atoms with Crippen LogP contribution in [0.5, 0.6) is 0 Å². The SMILES string of the molecule is CCOC1N(c2ccc(C)cn2)C(=O)C1(Cl)Cl. The van der Waals surface area contributed by atoms with Crippen LogP contribution in [0.2, 0.25) is 0 Å². The summed E-state index contributed by atoms with van der Waals surface area (Å²) >= 11 is 11.8. The quantitative estimate of drug-likeness (QED) is 0.627. The number of alkyl halides is 2. The van der Waals surface area contributed by atoms with Crippen molar-refractivity contribution in [3.8, 4) is 0 Å². The normalized spacial score (nSPS) is 22.5. The van der Waals surface area contributed by atoms with E-state index in [4.69, 9.17) is 27.9 Å². The summed E-state index contributed by atoms with van der Waals surface area (Å²) in [5.41, 5.74) is 1.01. The fraction of sp³-hybridized carbons (Fsp3) is 0.455. The third-order valence-electron chi connectivity index (χ3n) is 2.52. The largest absolute Gasteiger partial charge is 0.354 e. The molecule has 2 heterocycles. The average Bonchev–Trinajstić information content (AvgIpc) is 2.31. The van der Waals surface area contributed by atoms with Gasteiger partial charge in [-0.05, 0) is 25.5 Å². The number of rotatable bonds is 3. The highest BCUT2D eigenvalue weighted by atomic mass is 35.5. The molecule has 0 aliphatic carbocycles. The Morgan fingerprint density at radius 3 is 2.76 bits per heavy atom. The maximum atomic E-state index is 11.8. The summed E-state index contributed by atoms with van der Waals surface area (Å²) in [4.78, 5) is 17.3. The van der Waals surface area contributed by atoms with Gasteiger partial charge in [0.25, 0.3) is 5.91 Å².